The number of hydrogen-bond acceptors (Lipinski definition) is 1. The van der Waals surface area contributed by atoms with Crippen molar-refractivity contribution in [2.24, 2.45) is 0 Å². The lowest BCUT2D eigenvalue weighted by molar-refractivity contribution is 0.658. The quantitative estimate of drug-likeness (QED) is 0.262. The van der Waals surface area contributed by atoms with Crippen LogP contribution in [0.1, 0.15) is 50.3 Å². The van der Waals surface area contributed by atoms with Crippen LogP contribution >= 0.6 is 0 Å². The molecule has 0 atom stereocenters. The minimum absolute atomic E-state index is 0.0443. The molecule has 5 aromatic carbocycles. The molecule has 0 spiro atoms. The molecule has 0 N–H and O–H groups in total. The van der Waals surface area contributed by atoms with Gasteiger partial charge in [0.25, 0.3) is 0 Å². The third kappa shape index (κ3) is 3.54. The third-order valence-electron chi connectivity index (χ3n) is 7.61. The largest absolute Gasteiger partial charge is 0.310 e. The molecule has 0 aliphatic heterocycles. The van der Waals surface area contributed by atoms with Crippen LogP contribution < -0.4 is 4.90 Å². The van der Waals surface area contributed by atoms with E-state index in [0.717, 1.165) is 5.69 Å². The van der Waals surface area contributed by atoms with Gasteiger partial charge in [0.2, 0.25) is 0 Å². The molecule has 35 heavy (non-hydrogen) atoms. The lowest BCUT2D eigenvalue weighted by Crippen LogP contribution is -2.17. The zero-order valence-corrected chi connectivity index (χ0v) is 20.9. The van der Waals surface area contributed by atoms with Crippen LogP contribution in [0.2, 0.25) is 0 Å². The van der Waals surface area contributed by atoms with Crippen molar-refractivity contribution >= 4 is 27.8 Å². The smallest absolute Gasteiger partial charge is 0.0468 e. The number of fused-ring (bicyclic) bond motifs is 4. The molecule has 0 radical (unpaired) electrons. The van der Waals surface area contributed by atoms with E-state index in [1.54, 1.807) is 0 Å². The standard InChI is InChI=1S/C34H31N/c1-23(2)25-15-18-30-31-19-17-29(22-33(31)34(3,4)32(30)21-25)35(27-12-6-5-7-13-27)28-16-14-24-10-8-9-11-26(24)20-28/h5-23H,1-4H3. The Morgan fingerprint density at radius 1 is 0.543 bits per heavy atom. The summed E-state index contributed by atoms with van der Waals surface area (Å²) in [6.07, 6.45) is 0. The highest BCUT2D eigenvalue weighted by atomic mass is 15.1. The Morgan fingerprint density at radius 3 is 1.89 bits per heavy atom. The first-order valence-electron chi connectivity index (χ1n) is 12.6. The minimum Gasteiger partial charge on any atom is -0.310 e. The van der Waals surface area contributed by atoms with Crippen LogP contribution in [-0.2, 0) is 5.41 Å². The highest BCUT2D eigenvalue weighted by Crippen LogP contribution is 2.51. The van der Waals surface area contributed by atoms with Gasteiger partial charge in [-0.05, 0) is 80.9 Å². The van der Waals surface area contributed by atoms with Crippen LogP contribution in [0.15, 0.2) is 109 Å². The second-order valence-electron chi connectivity index (χ2n) is 10.5. The Balaban J connectivity index is 1.52. The van der Waals surface area contributed by atoms with E-state index in [2.05, 4.69) is 142 Å². The molecule has 172 valence electrons. The summed E-state index contributed by atoms with van der Waals surface area (Å²) in [6, 6.07) is 40.1. The van der Waals surface area contributed by atoms with Gasteiger partial charge in [-0.15, -0.1) is 0 Å². The molecule has 0 unspecified atom stereocenters. The predicted octanol–water partition coefficient (Wildman–Crippen LogP) is 9.74. The number of para-hydroxylation sites is 1. The van der Waals surface area contributed by atoms with Crippen LogP contribution in [0.25, 0.3) is 21.9 Å². The monoisotopic (exact) mass is 453 g/mol. The van der Waals surface area contributed by atoms with Crippen molar-refractivity contribution in [2.75, 3.05) is 4.90 Å². The van der Waals surface area contributed by atoms with Crippen LogP contribution in [0.3, 0.4) is 0 Å². The molecular weight excluding hydrogens is 422 g/mol. The summed E-state index contributed by atoms with van der Waals surface area (Å²) < 4.78 is 0. The van der Waals surface area contributed by atoms with E-state index in [4.69, 9.17) is 0 Å². The molecule has 1 aliphatic carbocycles. The van der Waals surface area contributed by atoms with Crippen molar-refractivity contribution < 1.29 is 0 Å². The maximum Gasteiger partial charge on any atom is 0.0468 e. The maximum absolute atomic E-state index is 2.43. The van der Waals surface area contributed by atoms with Gasteiger partial charge >= 0.3 is 0 Å². The van der Waals surface area contributed by atoms with E-state index in [1.165, 1.54) is 50.0 Å². The fourth-order valence-corrected chi connectivity index (χ4v) is 5.58. The second-order valence-corrected chi connectivity index (χ2v) is 10.5. The normalized spacial score (nSPS) is 13.6. The fraction of sp³-hybridized carbons (Fsp3) is 0.176. The Labute approximate surface area is 208 Å². The van der Waals surface area contributed by atoms with E-state index >= 15 is 0 Å². The van der Waals surface area contributed by atoms with E-state index in [9.17, 15) is 0 Å². The van der Waals surface area contributed by atoms with E-state index in [-0.39, 0.29) is 5.41 Å². The molecule has 1 heteroatoms. The summed E-state index contributed by atoms with van der Waals surface area (Å²) in [7, 11) is 0. The summed E-state index contributed by atoms with van der Waals surface area (Å²) in [4.78, 5) is 2.38. The first-order chi connectivity index (χ1) is 16.9. The molecule has 6 rings (SSSR count). The van der Waals surface area contributed by atoms with Gasteiger partial charge in [0.1, 0.15) is 0 Å². The van der Waals surface area contributed by atoms with Gasteiger partial charge < -0.3 is 4.90 Å². The fourth-order valence-electron chi connectivity index (χ4n) is 5.58. The molecule has 0 saturated heterocycles. The summed E-state index contributed by atoms with van der Waals surface area (Å²) in [5.74, 6) is 0.525. The summed E-state index contributed by atoms with van der Waals surface area (Å²) in [5.41, 5.74) is 10.5. The van der Waals surface area contributed by atoms with E-state index in [1.807, 2.05) is 0 Å². The van der Waals surface area contributed by atoms with Crippen molar-refractivity contribution in [1.29, 1.82) is 0 Å². The second kappa shape index (κ2) is 8.13. The van der Waals surface area contributed by atoms with Crippen molar-refractivity contribution in [3.05, 3.63) is 126 Å². The zero-order valence-electron chi connectivity index (χ0n) is 20.9. The molecule has 0 heterocycles. The van der Waals surface area contributed by atoms with Crippen molar-refractivity contribution in [2.45, 2.75) is 39.0 Å². The van der Waals surface area contributed by atoms with Gasteiger partial charge in [-0.25, -0.2) is 0 Å². The van der Waals surface area contributed by atoms with Crippen molar-refractivity contribution in [1.82, 2.24) is 0 Å². The Kier molecular flexibility index (Phi) is 5.04. The first-order valence-corrected chi connectivity index (χ1v) is 12.6. The van der Waals surface area contributed by atoms with Crippen LogP contribution in [-0.4, -0.2) is 0 Å². The van der Waals surface area contributed by atoms with Crippen LogP contribution in [0.5, 0.6) is 0 Å². The number of rotatable bonds is 4. The maximum atomic E-state index is 2.43. The Hall–Kier alpha value is -3.84. The summed E-state index contributed by atoms with van der Waals surface area (Å²) in [5, 5.41) is 2.51. The van der Waals surface area contributed by atoms with Crippen LogP contribution in [0.4, 0.5) is 17.1 Å². The average Bonchev–Trinajstić information content (AvgIpc) is 3.11. The number of anilines is 3. The van der Waals surface area contributed by atoms with E-state index in [0.29, 0.717) is 5.92 Å². The lowest BCUT2D eigenvalue weighted by Gasteiger charge is -2.28. The highest BCUT2D eigenvalue weighted by molar-refractivity contribution is 5.90. The number of hydrogen-bond donors (Lipinski definition) is 0. The van der Waals surface area contributed by atoms with E-state index < -0.39 is 0 Å². The van der Waals surface area contributed by atoms with Crippen molar-refractivity contribution in [3.63, 3.8) is 0 Å². The van der Waals surface area contributed by atoms with Gasteiger partial charge in [0, 0.05) is 22.5 Å². The molecule has 5 aromatic rings. The lowest BCUT2D eigenvalue weighted by atomic mass is 9.81. The Morgan fingerprint density at radius 2 is 1.14 bits per heavy atom. The summed E-state index contributed by atoms with van der Waals surface area (Å²) in [6.45, 7) is 9.29. The zero-order chi connectivity index (χ0) is 24.2. The molecular formula is C34H31N. The Bertz CT molecular complexity index is 1540. The number of nitrogens with zero attached hydrogens (tertiary/aromatic N) is 1. The molecule has 1 aliphatic rings. The first kappa shape index (κ1) is 21.7. The third-order valence-corrected chi connectivity index (χ3v) is 7.61. The number of benzene rings is 5. The van der Waals surface area contributed by atoms with Gasteiger partial charge in [-0.2, -0.15) is 0 Å². The average molecular weight is 454 g/mol. The predicted molar refractivity (Wildman–Crippen MR) is 150 cm³/mol. The molecule has 0 amide bonds. The molecule has 0 saturated carbocycles. The topological polar surface area (TPSA) is 3.24 Å². The van der Waals surface area contributed by atoms with Crippen LogP contribution in [0, 0.1) is 0 Å². The van der Waals surface area contributed by atoms with Gasteiger partial charge in [0.05, 0.1) is 0 Å². The molecule has 0 aromatic heterocycles. The van der Waals surface area contributed by atoms with Gasteiger partial charge in [-0.1, -0.05) is 100 Å². The molecule has 0 fully saturated rings. The minimum atomic E-state index is -0.0443. The molecule has 0 bridgehead atoms. The SMILES string of the molecule is CC(C)c1ccc2c(c1)C(C)(C)c1cc(N(c3ccccc3)c3ccc4ccccc4c3)ccc1-2. The highest BCUT2D eigenvalue weighted by Gasteiger charge is 2.36. The van der Waals surface area contributed by atoms with Gasteiger partial charge in [-0.3, -0.25) is 0 Å². The van der Waals surface area contributed by atoms with Gasteiger partial charge in [0.15, 0.2) is 0 Å². The molecule has 1 nitrogen and oxygen atoms in total. The van der Waals surface area contributed by atoms with Crippen molar-refractivity contribution in [3.8, 4) is 11.1 Å². The summed E-state index contributed by atoms with van der Waals surface area (Å²) >= 11 is 0.